The lowest BCUT2D eigenvalue weighted by atomic mass is 10.5. The highest BCUT2D eigenvalue weighted by atomic mass is 16.7. The molecule has 0 saturated heterocycles. The number of methoxy groups -OCH3 is 1. The average Bonchev–Trinajstić information content (AvgIpc) is 2.69. The third-order valence-corrected chi connectivity index (χ3v) is 1.90. The Hall–Kier alpha value is -1.85. The first-order valence-corrected chi connectivity index (χ1v) is 4.72. The van der Waals surface area contributed by atoms with Gasteiger partial charge < -0.3 is 9.57 Å². The summed E-state index contributed by atoms with van der Waals surface area (Å²) in [7, 11) is 1.55. The van der Waals surface area contributed by atoms with Crippen molar-refractivity contribution in [2.45, 2.75) is 13.3 Å². The zero-order valence-electron chi connectivity index (χ0n) is 8.67. The molecule has 0 unspecified atom stereocenters. The Kier molecular flexibility index (Phi) is 2.66. The molecule has 6 nitrogen and oxygen atoms in total. The molecule has 2 rings (SSSR count). The van der Waals surface area contributed by atoms with E-state index in [0.717, 1.165) is 6.42 Å². The maximum Gasteiger partial charge on any atom is 0.245 e. The maximum absolute atomic E-state index is 5.42. The summed E-state index contributed by atoms with van der Waals surface area (Å²) in [6.07, 6.45) is 3.92. The SMILES string of the molecule is CCCOn1cnc2c(OC)ncnc21. The van der Waals surface area contributed by atoms with E-state index in [-0.39, 0.29) is 0 Å². The van der Waals surface area contributed by atoms with Crippen molar-refractivity contribution >= 4 is 11.2 Å². The van der Waals surface area contributed by atoms with E-state index < -0.39 is 0 Å². The minimum absolute atomic E-state index is 0.457. The molecule has 2 aromatic rings. The predicted molar refractivity (Wildman–Crippen MR) is 53.6 cm³/mol. The van der Waals surface area contributed by atoms with Gasteiger partial charge in [0.2, 0.25) is 11.5 Å². The van der Waals surface area contributed by atoms with Gasteiger partial charge in [-0.1, -0.05) is 6.92 Å². The van der Waals surface area contributed by atoms with Crippen LogP contribution in [0.5, 0.6) is 5.88 Å². The fourth-order valence-electron chi connectivity index (χ4n) is 1.23. The molecule has 15 heavy (non-hydrogen) atoms. The maximum atomic E-state index is 5.42. The van der Waals surface area contributed by atoms with Gasteiger partial charge in [-0.25, -0.2) is 9.97 Å². The largest absolute Gasteiger partial charge is 0.479 e. The fraction of sp³-hybridized carbons (Fsp3) is 0.444. The zero-order valence-corrected chi connectivity index (χ0v) is 8.67. The van der Waals surface area contributed by atoms with E-state index in [1.165, 1.54) is 11.1 Å². The van der Waals surface area contributed by atoms with Crippen molar-refractivity contribution in [2.24, 2.45) is 0 Å². The number of fused-ring (bicyclic) bond motifs is 1. The molecular weight excluding hydrogens is 196 g/mol. The van der Waals surface area contributed by atoms with Crippen LogP contribution in [-0.2, 0) is 0 Å². The van der Waals surface area contributed by atoms with Crippen molar-refractivity contribution in [3.05, 3.63) is 12.7 Å². The van der Waals surface area contributed by atoms with Gasteiger partial charge in [-0.15, -0.1) is 0 Å². The molecule has 2 aromatic heterocycles. The van der Waals surface area contributed by atoms with Gasteiger partial charge in [0.15, 0.2) is 5.52 Å². The standard InChI is InChI=1S/C9H12N4O2/c1-3-4-15-13-6-12-7-8(13)10-5-11-9(7)14-2/h5-6H,3-4H2,1-2H3. The van der Waals surface area contributed by atoms with Crippen LogP contribution in [-0.4, -0.2) is 33.4 Å². The molecule has 0 aliphatic heterocycles. The van der Waals surface area contributed by atoms with Crippen LogP contribution in [0.4, 0.5) is 0 Å². The summed E-state index contributed by atoms with van der Waals surface area (Å²) < 4.78 is 6.59. The molecule has 0 N–H and O–H groups in total. The van der Waals surface area contributed by atoms with Crippen LogP contribution in [0, 0.1) is 0 Å². The van der Waals surface area contributed by atoms with Crippen LogP contribution in [0.3, 0.4) is 0 Å². The molecule has 0 radical (unpaired) electrons. The first-order valence-electron chi connectivity index (χ1n) is 4.72. The molecule has 0 atom stereocenters. The molecule has 0 aliphatic carbocycles. The summed E-state index contributed by atoms with van der Waals surface area (Å²) in [5, 5.41) is 0. The van der Waals surface area contributed by atoms with Gasteiger partial charge >= 0.3 is 0 Å². The van der Waals surface area contributed by atoms with E-state index >= 15 is 0 Å². The van der Waals surface area contributed by atoms with E-state index in [9.17, 15) is 0 Å². The first kappa shape index (κ1) is 9.70. The molecular formula is C9H12N4O2. The molecule has 0 aliphatic rings. The summed E-state index contributed by atoms with van der Waals surface area (Å²) in [6, 6.07) is 0. The van der Waals surface area contributed by atoms with Crippen LogP contribution in [0.2, 0.25) is 0 Å². The minimum atomic E-state index is 0.457. The van der Waals surface area contributed by atoms with Gasteiger partial charge in [0, 0.05) is 0 Å². The Morgan fingerprint density at radius 1 is 1.33 bits per heavy atom. The number of ether oxygens (including phenoxy) is 1. The number of hydrogen-bond acceptors (Lipinski definition) is 5. The lowest BCUT2D eigenvalue weighted by Crippen LogP contribution is -2.11. The molecule has 0 spiro atoms. The lowest BCUT2D eigenvalue weighted by molar-refractivity contribution is 0.118. The van der Waals surface area contributed by atoms with Crippen LogP contribution >= 0.6 is 0 Å². The highest BCUT2D eigenvalue weighted by molar-refractivity contribution is 5.75. The van der Waals surface area contributed by atoms with Crippen LogP contribution in [0.1, 0.15) is 13.3 Å². The summed E-state index contributed by atoms with van der Waals surface area (Å²) in [6.45, 7) is 2.66. The van der Waals surface area contributed by atoms with Gasteiger partial charge in [0.05, 0.1) is 7.11 Å². The van der Waals surface area contributed by atoms with Crippen molar-refractivity contribution in [1.82, 2.24) is 19.7 Å². The number of rotatable bonds is 4. The Labute approximate surface area is 86.8 Å². The molecule has 80 valence electrons. The number of hydrogen-bond donors (Lipinski definition) is 0. The highest BCUT2D eigenvalue weighted by Gasteiger charge is 2.10. The molecule has 0 saturated carbocycles. The van der Waals surface area contributed by atoms with Crippen molar-refractivity contribution in [2.75, 3.05) is 13.7 Å². The fourth-order valence-corrected chi connectivity index (χ4v) is 1.23. The third-order valence-electron chi connectivity index (χ3n) is 1.90. The molecule has 0 fully saturated rings. The Morgan fingerprint density at radius 2 is 2.20 bits per heavy atom. The monoisotopic (exact) mass is 208 g/mol. The zero-order chi connectivity index (χ0) is 10.7. The van der Waals surface area contributed by atoms with Crippen molar-refractivity contribution in [3.63, 3.8) is 0 Å². The van der Waals surface area contributed by atoms with E-state index in [2.05, 4.69) is 15.0 Å². The number of nitrogens with zero attached hydrogens (tertiary/aromatic N) is 4. The molecule has 2 heterocycles. The lowest BCUT2D eigenvalue weighted by Gasteiger charge is -2.04. The number of aromatic nitrogens is 4. The topological polar surface area (TPSA) is 62.1 Å². The molecule has 0 bridgehead atoms. The van der Waals surface area contributed by atoms with Gasteiger partial charge in [-0.2, -0.15) is 9.71 Å². The Balaban J connectivity index is 2.42. The van der Waals surface area contributed by atoms with Crippen molar-refractivity contribution in [3.8, 4) is 5.88 Å². The summed E-state index contributed by atoms with van der Waals surface area (Å²) in [4.78, 5) is 17.6. The minimum Gasteiger partial charge on any atom is -0.479 e. The predicted octanol–water partition coefficient (Wildman–Crippen LogP) is 0.673. The van der Waals surface area contributed by atoms with Crippen molar-refractivity contribution < 1.29 is 9.57 Å². The van der Waals surface area contributed by atoms with Gasteiger partial charge in [-0.3, -0.25) is 0 Å². The van der Waals surface area contributed by atoms with Gasteiger partial charge in [0.25, 0.3) is 0 Å². The third kappa shape index (κ3) is 1.70. The average molecular weight is 208 g/mol. The van der Waals surface area contributed by atoms with Crippen LogP contribution in [0.15, 0.2) is 12.7 Å². The second-order valence-corrected chi connectivity index (χ2v) is 2.96. The van der Waals surface area contributed by atoms with Crippen molar-refractivity contribution in [1.29, 1.82) is 0 Å². The van der Waals surface area contributed by atoms with Gasteiger partial charge in [-0.05, 0) is 6.42 Å². The Morgan fingerprint density at radius 3 is 2.93 bits per heavy atom. The Bertz CT molecular complexity index is 454. The normalized spacial score (nSPS) is 10.5. The second kappa shape index (κ2) is 4.12. The highest BCUT2D eigenvalue weighted by Crippen LogP contribution is 2.17. The van der Waals surface area contributed by atoms with Crippen LogP contribution < -0.4 is 9.57 Å². The summed E-state index contributed by atoms with van der Waals surface area (Å²) in [5.41, 5.74) is 1.23. The van der Waals surface area contributed by atoms with E-state index in [1.807, 2.05) is 6.92 Å². The summed E-state index contributed by atoms with van der Waals surface area (Å²) in [5.74, 6) is 0.457. The van der Waals surface area contributed by atoms with E-state index in [0.29, 0.717) is 23.7 Å². The molecule has 0 amide bonds. The first-order chi connectivity index (χ1) is 7.36. The summed E-state index contributed by atoms with van der Waals surface area (Å²) >= 11 is 0. The number of imidazole rings is 1. The quantitative estimate of drug-likeness (QED) is 0.739. The van der Waals surface area contributed by atoms with Gasteiger partial charge in [0.1, 0.15) is 19.3 Å². The smallest absolute Gasteiger partial charge is 0.245 e. The molecule has 6 heteroatoms. The van der Waals surface area contributed by atoms with E-state index in [1.54, 1.807) is 13.4 Å². The molecule has 0 aromatic carbocycles. The van der Waals surface area contributed by atoms with Crippen LogP contribution in [0.25, 0.3) is 11.2 Å². The van der Waals surface area contributed by atoms with E-state index in [4.69, 9.17) is 9.57 Å². The second-order valence-electron chi connectivity index (χ2n) is 2.96.